The summed E-state index contributed by atoms with van der Waals surface area (Å²) in [6.45, 7) is 4.42. The van der Waals surface area contributed by atoms with Gasteiger partial charge in [0.05, 0.1) is 0 Å². The Kier molecular flexibility index (Phi) is 9.67. The van der Waals surface area contributed by atoms with Crippen molar-refractivity contribution in [3.63, 3.8) is 0 Å². The molecule has 0 spiro atoms. The Morgan fingerprint density at radius 3 is 1.50 bits per heavy atom. The van der Waals surface area contributed by atoms with Crippen LogP contribution in [-0.4, -0.2) is 10.1 Å². The molecule has 2 aromatic carbocycles. The first-order chi connectivity index (χ1) is 13.5. The van der Waals surface area contributed by atoms with Crippen molar-refractivity contribution in [1.82, 2.24) is 0 Å². The standard InChI is InChI=1S/2C12H11.C2H6Ge.2ClH.Hf/c2*1-10-5-4-8-12(9-10)11-6-2-3-7-11;1-3-2;;;/h2*2,4-6,8-9H,3H2,1H3;1-2H3;2*1H;/q;;;;;+2/p-2. The number of hydrogen-bond donors (Lipinski definition) is 0. The van der Waals surface area contributed by atoms with E-state index in [1.54, 1.807) is 11.1 Å². The summed E-state index contributed by atoms with van der Waals surface area (Å²) < 4.78 is 3.75. The molecule has 0 unspecified atom stereocenters. The molecule has 0 saturated carbocycles. The van der Waals surface area contributed by atoms with Gasteiger partial charge < -0.3 is 24.8 Å². The predicted octanol–water partition coefficient (Wildman–Crippen LogP) is 1.22. The molecule has 0 fully saturated rings. The molecule has 0 nitrogen and oxygen atoms in total. The fraction of sp³-hybridized carbons (Fsp3) is 0.231. The van der Waals surface area contributed by atoms with Crippen molar-refractivity contribution in [3.05, 3.63) is 102 Å². The summed E-state index contributed by atoms with van der Waals surface area (Å²) in [4.78, 5) is 0. The number of rotatable bonds is 4. The number of hydrogen-bond acceptors (Lipinski definition) is 0. The van der Waals surface area contributed by atoms with Crippen molar-refractivity contribution in [2.45, 2.75) is 38.2 Å². The Morgan fingerprint density at radius 1 is 0.700 bits per heavy atom. The first kappa shape index (κ1) is 25.7. The van der Waals surface area contributed by atoms with Crippen molar-refractivity contribution in [3.8, 4) is 0 Å². The van der Waals surface area contributed by atoms with Gasteiger partial charge >= 0.3 is 179 Å². The van der Waals surface area contributed by atoms with Crippen molar-refractivity contribution in [1.29, 1.82) is 0 Å². The van der Waals surface area contributed by atoms with Crippen LogP contribution >= 0.6 is 0 Å². The smallest absolute Gasteiger partial charge is 1.00 e. The van der Waals surface area contributed by atoms with Gasteiger partial charge in [-0.1, -0.05) is 0 Å². The van der Waals surface area contributed by atoms with Crippen LogP contribution in [0.4, 0.5) is 0 Å². The van der Waals surface area contributed by atoms with Gasteiger partial charge in [0.1, 0.15) is 0 Å². The van der Waals surface area contributed by atoms with E-state index in [9.17, 15) is 0 Å². The topological polar surface area (TPSA) is 0 Å². The monoisotopic (exact) mass is 664 g/mol. The third kappa shape index (κ3) is 5.41. The van der Waals surface area contributed by atoms with Crippen molar-refractivity contribution in [2.24, 2.45) is 0 Å². The van der Waals surface area contributed by atoms with Crippen molar-refractivity contribution < 1.29 is 43.2 Å². The second kappa shape index (κ2) is 11.3. The third-order valence-electron chi connectivity index (χ3n) is 5.62. The molecular weight excluding hydrogens is 634 g/mol. The molecule has 2 aliphatic carbocycles. The summed E-state index contributed by atoms with van der Waals surface area (Å²) in [6.07, 6.45) is 12.1. The molecule has 0 atom stereocenters. The van der Waals surface area contributed by atoms with Crippen LogP contribution in [-0.2, 0) is 18.3 Å². The molecule has 30 heavy (non-hydrogen) atoms. The summed E-state index contributed by atoms with van der Waals surface area (Å²) in [5.41, 5.74) is 8.75. The molecule has 0 saturated heterocycles. The van der Waals surface area contributed by atoms with E-state index in [-0.39, 0.29) is 24.8 Å². The van der Waals surface area contributed by atoms with Gasteiger partial charge in [-0.3, -0.25) is 0 Å². The largest absolute Gasteiger partial charge is 1.00 e. The Hall–Kier alpha value is -0.607. The van der Waals surface area contributed by atoms with Crippen LogP contribution in [0.15, 0.2) is 79.5 Å². The molecule has 0 aromatic heterocycles. The normalized spacial score (nSPS) is 14.4. The quantitative estimate of drug-likeness (QED) is 0.433. The third-order valence-corrected chi connectivity index (χ3v) is 44.5. The van der Waals surface area contributed by atoms with Gasteiger partial charge in [-0.05, 0) is 0 Å². The fourth-order valence-corrected chi connectivity index (χ4v) is 44.8. The Labute approximate surface area is 202 Å². The van der Waals surface area contributed by atoms with E-state index >= 15 is 0 Å². The maximum atomic E-state index is 2.64. The van der Waals surface area contributed by atoms with Crippen LogP contribution in [0, 0.1) is 13.8 Å². The van der Waals surface area contributed by atoms with Gasteiger partial charge in [0.2, 0.25) is 0 Å². The summed E-state index contributed by atoms with van der Waals surface area (Å²) in [5.74, 6) is 5.28. The van der Waals surface area contributed by atoms with E-state index in [4.69, 9.17) is 0 Å². The maximum Gasteiger partial charge on any atom is -1.00 e. The zero-order valence-electron chi connectivity index (χ0n) is 18.1. The van der Waals surface area contributed by atoms with Crippen LogP contribution < -0.4 is 24.8 Å². The summed E-state index contributed by atoms with van der Waals surface area (Å²) in [5, 5.41) is 0. The number of aryl methyl sites for hydroxylation is 2. The molecule has 2 aromatic rings. The van der Waals surface area contributed by atoms with Crippen LogP contribution in [0.25, 0.3) is 11.1 Å². The molecule has 0 bridgehead atoms. The molecule has 2 aliphatic rings. The first-order valence-electron chi connectivity index (χ1n) is 10.2. The molecule has 0 N–H and O–H groups in total. The Morgan fingerprint density at radius 2 is 1.13 bits per heavy atom. The minimum atomic E-state index is -2.03. The van der Waals surface area contributed by atoms with E-state index < -0.39 is 28.4 Å². The second-order valence-electron chi connectivity index (χ2n) is 8.11. The fourth-order valence-electron chi connectivity index (χ4n) is 4.44. The molecule has 154 valence electrons. The molecule has 4 heteroatoms. The van der Waals surface area contributed by atoms with Gasteiger partial charge in [0, 0.05) is 0 Å². The van der Waals surface area contributed by atoms with Crippen LogP contribution in [0.3, 0.4) is 0 Å². The minimum Gasteiger partial charge on any atom is -1.00 e. The number of halogens is 2. The van der Waals surface area contributed by atoms with E-state index in [1.165, 1.54) is 35.1 Å². The molecule has 0 heterocycles. The average Bonchev–Trinajstić information content (AvgIpc) is 3.32. The molecule has 0 amide bonds. The second-order valence-corrected chi connectivity index (χ2v) is 46.6. The number of allylic oxidation sites excluding steroid dienone is 8. The number of benzene rings is 2. The van der Waals surface area contributed by atoms with E-state index in [1.807, 2.05) is 6.66 Å². The SMILES string of the molecule is Cc1cccc(C2=[C]([Hf+2]([C]3=C(c4cccc(C)c4)C=CC3)=[Ge]([CH3])[CH3])CC=C2)c1.[Cl-].[Cl-]. The maximum absolute atomic E-state index is 2.64. The minimum absolute atomic E-state index is 0. The Balaban J connectivity index is 0.00000160. The summed E-state index contributed by atoms with van der Waals surface area (Å²) >= 11 is -2.03. The van der Waals surface area contributed by atoms with E-state index in [0.717, 1.165) is 0 Å². The van der Waals surface area contributed by atoms with Gasteiger partial charge in [0.15, 0.2) is 0 Å². The van der Waals surface area contributed by atoms with Crippen molar-refractivity contribution >= 4 is 21.2 Å². The zero-order chi connectivity index (χ0) is 19.7. The average molecular weight is 663 g/mol. The van der Waals surface area contributed by atoms with E-state index in [2.05, 4.69) is 98.2 Å². The van der Waals surface area contributed by atoms with Gasteiger partial charge in [-0.25, -0.2) is 0 Å². The van der Waals surface area contributed by atoms with Crippen molar-refractivity contribution in [2.75, 3.05) is 0 Å². The summed E-state index contributed by atoms with van der Waals surface area (Å²) in [6, 6.07) is 18.2. The summed E-state index contributed by atoms with van der Waals surface area (Å²) in [7, 11) is -1.03. The molecule has 0 radical (unpaired) electrons. The molecule has 0 aliphatic heterocycles. The van der Waals surface area contributed by atoms with Gasteiger partial charge in [-0.2, -0.15) is 0 Å². The van der Waals surface area contributed by atoms with Crippen LogP contribution in [0.5, 0.6) is 0 Å². The Bertz CT molecular complexity index is 1020. The van der Waals surface area contributed by atoms with Crippen LogP contribution in [0.1, 0.15) is 35.1 Å². The predicted molar refractivity (Wildman–Crippen MR) is 121 cm³/mol. The van der Waals surface area contributed by atoms with Crippen LogP contribution in [0.2, 0.25) is 11.5 Å². The van der Waals surface area contributed by atoms with Gasteiger partial charge in [0.25, 0.3) is 0 Å². The molecular formula is C26H28Cl2GeHf. The van der Waals surface area contributed by atoms with Gasteiger partial charge in [-0.15, -0.1) is 0 Å². The first-order valence-corrected chi connectivity index (χ1v) is 28.3. The molecule has 4 rings (SSSR count). The van der Waals surface area contributed by atoms with E-state index in [0.29, 0.717) is 0 Å². The zero-order valence-corrected chi connectivity index (χ0v) is 25.3.